The van der Waals surface area contributed by atoms with Crippen molar-refractivity contribution in [3.05, 3.63) is 29.8 Å². The molecule has 1 aromatic carbocycles. The molecule has 0 radical (unpaired) electrons. The van der Waals surface area contributed by atoms with Crippen molar-refractivity contribution in [3.63, 3.8) is 0 Å². The molecule has 0 bridgehead atoms. The summed E-state index contributed by atoms with van der Waals surface area (Å²) in [6.45, 7) is 0.464. The molecule has 1 heterocycles. The Balaban J connectivity index is 1.48. The van der Waals surface area contributed by atoms with Crippen LogP contribution in [-0.4, -0.2) is 43.6 Å². The van der Waals surface area contributed by atoms with E-state index in [0.717, 1.165) is 18.0 Å². The summed E-state index contributed by atoms with van der Waals surface area (Å²) in [6.07, 6.45) is 2.27. The van der Waals surface area contributed by atoms with Gasteiger partial charge in [-0.1, -0.05) is 17.8 Å². The second-order valence-corrected chi connectivity index (χ2v) is 5.73. The Labute approximate surface area is 125 Å². The van der Waals surface area contributed by atoms with Crippen LogP contribution in [0.1, 0.15) is 29.2 Å². The summed E-state index contributed by atoms with van der Waals surface area (Å²) in [4.78, 5) is 10.9. The lowest BCUT2D eigenvalue weighted by Gasteiger charge is -2.06. The molecule has 8 heteroatoms. The van der Waals surface area contributed by atoms with Crippen LogP contribution in [0.3, 0.4) is 0 Å². The molecule has 110 valence electrons. The molecule has 1 aliphatic rings. The van der Waals surface area contributed by atoms with Crippen LogP contribution in [0, 0.1) is 0 Å². The largest absolute Gasteiger partial charge is 0.493 e. The molecule has 0 aliphatic heterocycles. The number of hydrogen-bond donors (Lipinski definition) is 1. The Morgan fingerprint density at radius 2 is 2.33 bits per heavy atom. The molecule has 0 amide bonds. The van der Waals surface area contributed by atoms with Crippen LogP contribution in [0.2, 0.25) is 0 Å². The average Bonchev–Trinajstić information content (AvgIpc) is 3.23. The lowest BCUT2D eigenvalue weighted by atomic mass is 10.2. The molecule has 2 aromatic rings. The zero-order valence-electron chi connectivity index (χ0n) is 11.2. The van der Waals surface area contributed by atoms with Gasteiger partial charge in [0.2, 0.25) is 5.16 Å². The summed E-state index contributed by atoms with van der Waals surface area (Å²) >= 11 is 1.54. The first-order valence-corrected chi connectivity index (χ1v) is 7.59. The summed E-state index contributed by atoms with van der Waals surface area (Å²) < 4.78 is 7.41. The van der Waals surface area contributed by atoms with Crippen molar-refractivity contribution in [1.82, 2.24) is 20.2 Å². The standard InChI is InChI=1S/C13H14N4O3S/c18-12(19)9-2-1-3-11(8-9)20-6-7-21-13-14-15-16-17(13)10-4-5-10/h1-3,8,10H,4-7H2,(H,18,19). The molecule has 0 unspecified atom stereocenters. The first kappa shape index (κ1) is 13.9. The third kappa shape index (κ3) is 3.52. The minimum atomic E-state index is -0.960. The van der Waals surface area contributed by atoms with E-state index in [1.807, 2.05) is 4.68 Å². The minimum Gasteiger partial charge on any atom is -0.493 e. The van der Waals surface area contributed by atoms with E-state index in [9.17, 15) is 4.79 Å². The van der Waals surface area contributed by atoms with Crippen LogP contribution in [0.5, 0.6) is 5.75 Å². The van der Waals surface area contributed by atoms with E-state index < -0.39 is 5.97 Å². The van der Waals surface area contributed by atoms with Gasteiger partial charge in [0.15, 0.2) is 0 Å². The predicted octanol–water partition coefficient (Wildman–Crippen LogP) is 1.88. The number of aromatic nitrogens is 4. The molecule has 1 N–H and O–H groups in total. The van der Waals surface area contributed by atoms with Crippen LogP contribution < -0.4 is 4.74 Å². The zero-order chi connectivity index (χ0) is 14.7. The maximum absolute atomic E-state index is 10.9. The van der Waals surface area contributed by atoms with Crippen molar-refractivity contribution in [3.8, 4) is 5.75 Å². The van der Waals surface area contributed by atoms with Gasteiger partial charge >= 0.3 is 5.97 Å². The molecule has 3 rings (SSSR count). The highest BCUT2D eigenvalue weighted by Gasteiger charge is 2.27. The maximum Gasteiger partial charge on any atom is 0.335 e. The Morgan fingerprint density at radius 1 is 1.48 bits per heavy atom. The van der Waals surface area contributed by atoms with Gasteiger partial charge in [0.1, 0.15) is 5.75 Å². The van der Waals surface area contributed by atoms with Crippen molar-refractivity contribution in [2.45, 2.75) is 24.0 Å². The molecule has 0 saturated heterocycles. The molecule has 0 atom stereocenters. The highest BCUT2D eigenvalue weighted by atomic mass is 32.2. The van der Waals surface area contributed by atoms with Crippen molar-refractivity contribution < 1.29 is 14.6 Å². The van der Waals surface area contributed by atoms with Gasteiger partial charge in [-0.25, -0.2) is 9.48 Å². The monoisotopic (exact) mass is 306 g/mol. The summed E-state index contributed by atoms with van der Waals surface area (Å²) in [6, 6.07) is 6.91. The fourth-order valence-electron chi connectivity index (χ4n) is 1.84. The number of ether oxygens (including phenoxy) is 1. The number of benzene rings is 1. The molecule has 1 saturated carbocycles. The van der Waals surface area contributed by atoms with Crippen molar-refractivity contribution in [2.75, 3.05) is 12.4 Å². The van der Waals surface area contributed by atoms with Gasteiger partial charge < -0.3 is 9.84 Å². The van der Waals surface area contributed by atoms with Crippen LogP contribution in [0.15, 0.2) is 29.4 Å². The fourth-order valence-corrected chi connectivity index (χ4v) is 2.60. The van der Waals surface area contributed by atoms with Crippen LogP contribution in [0.25, 0.3) is 0 Å². The maximum atomic E-state index is 10.9. The molecule has 7 nitrogen and oxygen atoms in total. The van der Waals surface area contributed by atoms with E-state index in [-0.39, 0.29) is 5.56 Å². The Hall–Kier alpha value is -2.09. The van der Waals surface area contributed by atoms with Gasteiger partial charge in [0.25, 0.3) is 0 Å². The van der Waals surface area contributed by atoms with Crippen molar-refractivity contribution in [1.29, 1.82) is 0 Å². The van der Waals surface area contributed by atoms with Gasteiger partial charge in [-0.15, -0.1) is 5.10 Å². The topological polar surface area (TPSA) is 90.1 Å². The Kier molecular flexibility index (Phi) is 4.05. The third-order valence-electron chi connectivity index (χ3n) is 3.02. The van der Waals surface area contributed by atoms with E-state index in [1.165, 1.54) is 23.9 Å². The van der Waals surface area contributed by atoms with E-state index in [4.69, 9.17) is 9.84 Å². The van der Waals surface area contributed by atoms with E-state index in [2.05, 4.69) is 15.5 Å². The molecule has 1 aliphatic carbocycles. The van der Waals surface area contributed by atoms with Gasteiger partial charge in [0.05, 0.1) is 18.2 Å². The number of hydrogen-bond acceptors (Lipinski definition) is 6. The highest BCUT2D eigenvalue weighted by molar-refractivity contribution is 7.99. The number of carboxylic acids is 1. The molecular formula is C13H14N4O3S. The van der Waals surface area contributed by atoms with E-state index >= 15 is 0 Å². The van der Waals surface area contributed by atoms with Gasteiger partial charge in [-0.2, -0.15) is 0 Å². The number of tetrazole rings is 1. The highest BCUT2D eigenvalue weighted by Crippen LogP contribution is 2.36. The van der Waals surface area contributed by atoms with E-state index in [0.29, 0.717) is 24.2 Å². The van der Waals surface area contributed by atoms with Crippen LogP contribution in [0.4, 0.5) is 0 Å². The average molecular weight is 306 g/mol. The number of carbonyl (C=O) groups is 1. The van der Waals surface area contributed by atoms with Crippen molar-refractivity contribution in [2.24, 2.45) is 0 Å². The fraction of sp³-hybridized carbons (Fsp3) is 0.385. The SMILES string of the molecule is O=C(O)c1cccc(OCCSc2nnnn2C2CC2)c1. The molecule has 1 fully saturated rings. The minimum absolute atomic E-state index is 0.220. The number of nitrogens with zero attached hydrogens (tertiary/aromatic N) is 4. The van der Waals surface area contributed by atoms with Crippen LogP contribution in [-0.2, 0) is 0 Å². The number of rotatable bonds is 7. The smallest absolute Gasteiger partial charge is 0.335 e. The molecular weight excluding hydrogens is 292 g/mol. The number of carboxylic acid groups (broad SMARTS) is 1. The third-order valence-corrected chi connectivity index (χ3v) is 3.92. The Bertz CT molecular complexity index is 642. The summed E-state index contributed by atoms with van der Waals surface area (Å²) in [5.74, 6) is 0.292. The quantitative estimate of drug-likeness (QED) is 0.617. The second kappa shape index (κ2) is 6.13. The van der Waals surface area contributed by atoms with Crippen LogP contribution >= 0.6 is 11.8 Å². The number of aromatic carboxylic acids is 1. The first-order chi connectivity index (χ1) is 10.2. The predicted molar refractivity (Wildman–Crippen MR) is 75.7 cm³/mol. The van der Waals surface area contributed by atoms with Gasteiger partial charge in [-0.05, 0) is 41.5 Å². The summed E-state index contributed by atoms with van der Waals surface area (Å²) in [7, 11) is 0. The normalized spacial score (nSPS) is 14.1. The second-order valence-electron chi connectivity index (χ2n) is 4.67. The molecule has 21 heavy (non-hydrogen) atoms. The summed E-state index contributed by atoms with van der Waals surface area (Å²) in [5, 5.41) is 21.4. The van der Waals surface area contributed by atoms with Gasteiger partial charge in [-0.3, -0.25) is 0 Å². The zero-order valence-corrected chi connectivity index (χ0v) is 12.0. The lowest BCUT2D eigenvalue weighted by molar-refractivity contribution is 0.0696. The van der Waals surface area contributed by atoms with Gasteiger partial charge in [0, 0.05) is 5.75 Å². The Morgan fingerprint density at radius 3 is 3.10 bits per heavy atom. The van der Waals surface area contributed by atoms with E-state index in [1.54, 1.807) is 12.1 Å². The number of thioether (sulfide) groups is 1. The first-order valence-electron chi connectivity index (χ1n) is 6.61. The van der Waals surface area contributed by atoms with Crippen molar-refractivity contribution >= 4 is 17.7 Å². The molecule has 1 aromatic heterocycles. The summed E-state index contributed by atoms with van der Waals surface area (Å²) in [5.41, 5.74) is 0.220. The lowest BCUT2D eigenvalue weighted by Crippen LogP contribution is -2.04. The molecule has 0 spiro atoms.